The van der Waals surface area contributed by atoms with Gasteiger partial charge in [-0.2, -0.15) is 10.5 Å². The summed E-state index contributed by atoms with van der Waals surface area (Å²) in [5.74, 6) is -0.476. The Bertz CT molecular complexity index is 572. The van der Waals surface area contributed by atoms with E-state index in [1.54, 1.807) is 45.9 Å². The third kappa shape index (κ3) is 2.97. The Labute approximate surface area is 119 Å². The third-order valence-corrected chi connectivity index (χ3v) is 3.36. The molecule has 0 aromatic heterocycles. The van der Waals surface area contributed by atoms with E-state index in [1.807, 2.05) is 0 Å². The van der Waals surface area contributed by atoms with Crippen LogP contribution in [-0.2, 0) is 15.6 Å². The molecule has 0 spiro atoms. The summed E-state index contributed by atoms with van der Waals surface area (Å²) in [6.45, 7) is 7.08. The maximum Gasteiger partial charge on any atom is 0.337 e. The van der Waals surface area contributed by atoms with E-state index in [9.17, 15) is 15.3 Å². The van der Waals surface area contributed by atoms with Crippen LogP contribution in [-0.4, -0.2) is 13.1 Å². The first-order valence-corrected chi connectivity index (χ1v) is 6.25. The SMILES string of the molecule is COC(=O)c1cc(C(C)(C)C#N)cc(C(C)(C)C#N)c1. The van der Waals surface area contributed by atoms with E-state index >= 15 is 0 Å². The highest BCUT2D eigenvalue weighted by Gasteiger charge is 2.27. The van der Waals surface area contributed by atoms with Gasteiger partial charge in [-0.05, 0) is 51.0 Å². The number of methoxy groups -OCH3 is 1. The van der Waals surface area contributed by atoms with Crippen molar-refractivity contribution in [2.24, 2.45) is 0 Å². The van der Waals surface area contributed by atoms with E-state index in [0.29, 0.717) is 16.7 Å². The second kappa shape index (κ2) is 5.35. The highest BCUT2D eigenvalue weighted by molar-refractivity contribution is 5.90. The highest BCUT2D eigenvalue weighted by Crippen LogP contribution is 2.30. The van der Waals surface area contributed by atoms with Crippen molar-refractivity contribution in [1.29, 1.82) is 10.5 Å². The number of hydrogen-bond acceptors (Lipinski definition) is 4. The van der Waals surface area contributed by atoms with E-state index in [-0.39, 0.29) is 0 Å². The van der Waals surface area contributed by atoms with Gasteiger partial charge in [0.05, 0.1) is 35.6 Å². The molecule has 0 saturated carbocycles. The summed E-state index contributed by atoms with van der Waals surface area (Å²) in [7, 11) is 1.31. The molecule has 0 bridgehead atoms. The Balaban J connectivity index is 3.58. The summed E-state index contributed by atoms with van der Waals surface area (Å²) in [4.78, 5) is 11.8. The molecule has 0 atom stereocenters. The maximum atomic E-state index is 11.8. The van der Waals surface area contributed by atoms with Crippen LogP contribution in [0.4, 0.5) is 0 Å². The summed E-state index contributed by atoms with van der Waals surface area (Å²) < 4.78 is 4.73. The van der Waals surface area contributed by atoms with Crippen molar-refractivity contribution in [3.05, 3.63) is 34.9 Å². The monoisotopic (exact) mass is 270 g/mol. The summed E-state index contributed by atoms with van der Waals surface area (Å²) in [6.07, 6.45) is 0. The van der Waals surface area contributed by atoms with Crippen LogP contribution in [0.25, 0.3) is 0 Å². The van der Waals surface area contributed by atoms with Crippen LogP contribution in [0.2, 0.25) is 0 Å². The summed E-state index contributed by atoms with van der Waals surface area (Å²) in [5, 5.41) is 18.5. The average Bonchev–Trinajstić information content (AvgIpc) is 2.45. The van der Waals surface area contributed by atoms with E-state index in [0.717, 1.165) is 0 Å². The second-order valence-corrected chi connectivity index (χ2v) is 5.76. The molecule has 104 valence electrons. The number of ether oxygens (including phenoxy) is 1. The van der Waals surface area contributed by atoms with Gasteiger partial charge in [-0.3, -0.25) is 0 Å². The zero-order valence-corrected chi connectivity index (χ0v) is 12.4. The van der Waals surface area contributed by atoms with E-state index in [2.05, 4.69) is 12.1 Å². The number of esters is 1. The van der Waals surface area contributed by atoms with Gasteiger partial charge < -0.3 is 4.74 Å². The van der Waals surface area contributed by atoms with Gasteiger partial charge in [0.1, 0.15) is 0 Å². The lowest BCUT2D eigenvalue weighted by atomic mass is 9.79. The Morgan fingerprint density at radius 3 is 1.70 bits per heavy atom. The van der Waals surface area contributed by atoms with Gasteiger partial charge in [0.2, 0.25) is 0 Å². The Kier molecular flexibility index (Phi) is 4.20. The van der Waals surface area contributed by atoms with Gasteiger partial charge in [0, 0.05) is 0 Å². The van der Waals surface area contributed by atoms with Crippen molar-refractivity contribution in [1.82, 2.24) is 0 Å². The van der Waals surface area contributed by atoms with Crippen molar-refractivity contribution in [2.45, 2.75) is 38.5 Å². The molecular weight excluding hydrogens is 252 g/mol. The van der Waals surface area contributed by atoms with Crippen LogP contribution in [0, 0.1) is 22.7 Å². The molecular formula is C16H18N2O2. The molecule has 0 aliphatic rings. The van der Waals surface area contributed by atoms with Crippen LogP contribution in [0.3, 0.4) is 0 Å². The fourth-order valence-corrected chi connectivity index (χ4v) is 1.71. The Morgan fingerprint density at radius 2 is 1.40 bits per heavy atom. The number of benzene rings is 1. The topological polar surface area (TPSA) is 73.9 Å². The summed E-state index contributed by atoms with van der Waals surface area (Å²) >= 11 is 0. The molecule has 4 nitrogen and oxygen atoms in total. The molecule has 0 unspecified atom stereocenters. The summed E-state index contributed by atoms with van der Waals surface area (Å²) in [5.41, 5.74) is 0.253. The molecule has 1 rings (SSSR count). The molecule has 0 fully saturated rings. The number of rotatable bonds is 3. The van der Waals surface area contributed by atoms with Crippen LogP contribution in [0.5, 0.6) is 0 Å². The zero-order chi connectivity index (χ0) is 15.6. The van der Waals surface area contributed by atoms with Gasteiger partial charge in [-0.1, -0.05) is 6.07 Å². The molecule has 0 aliphatic carbocycles. The van der Waals surface area contributed by atoms with Crippen molar-refractivity contribution >= 4 is 5.97 Å². The van der Waals surface area contributed by atoms with E-state index in [1.165, 1.54) is 7.11 Å². The predicted molar refractivity (Wildman–Crippen MR) is 75.1 cm³/mol. The minimum atomic E-state index is -0.746. The quantitative estimate of drug-likeness (QED) is 0.791. The van der Waals surface area contributed by atoms with Crippen molar-refractivity contribution < 1.29 is 9.53 Å². The fourth-order valence-electron chi connectivity index (χ4n) is 1.71. The zero-order valence-electron chi connectivity index (χ0n) is 12.4. The van der Waals surface area contributed by atoms with Gasteiger partial charge >= 0.3 is 5.97 Å². The fraction of sp³-hybridized carbons (Fsp3) is 0.438. The Hall–Kier alpha value is -2.33. The van der Waals surface area contributed by atoms with Gasteiger partial charge in [-0.15, -0.1) is 0 Å². The first kappa shape index (κ1) is 15.7. The van der Waals surface area contributed by atoms with Crippen LogP contribution in [0.15, 0.2) is 18.2 Å². The molecule has 0 saturated heterocycles. The van der Waals surface area contributed by atoms with Gasteiger partial charge in [-0.25, -0.2) is 4.79 Å². The highest BCUT2D eigenvalue weighted by atomic mass is 16.5. The summed E-state index contributed by atoms with van der Waals surface area (Å²) in [6, 6.07) is 9.50. The van der Waals surface area contributed by atoms with Crippen molar-refractivity contribution in [3.63, 3.8) is 0 Å². The van der Waals surface area contributed by atoms with Crippen molar-refractivity contribution in [3.8, 4) is 12.1 Å². The normalized spacial score (nSPS) is 11.3. The van der Waals surface area contributed by atoms with E-state index < -0.39 is 16.8 Å². The lowest BCUT2D eigenvalue weighted by molar-refractivity contribution is 0.0600. The largest absolute Gasteiger partial charge is 0.465 e. The van der Waals surface area contributed by atoms with Gasteiger partial charge in [0.15, 0.2) is 0 Å². The van der Waals surface area contributed by atoms with Gasteiger partial charge in [0.25, 0.3) is 0 Å². The van der Waals surface area contributed by atoms with E-state index in [4.69, 9.17) is 4.74 Å². The molecule has 4 heteroatoms. The van der Waals surface area contributed by atoms with Crippen molar-refractivity contribution in [2.75, 3.05) is 7.11 Å². The number of hydrogen-bond donors (Lipinski definition) is 0. The predicted octanol–water partition coefficient (Wildman–Crippen LogP) is 3.08. The molecule has 0 amide bonds. The molecule has 0 N–H and O–H groups in total. The molecule has 0 radical (unpaired) electrons. The number of carbonyl (C=O) groups excluding carboxylic acids is 1. The molecule has 0 aliphatic heterocycles. The molecule has 1 aromatic rings. The van der Waals surface area contributed by atoms with Crippen LogP contribution < -0.4 is 0 Å². The maximum absolute atomic E-state index is 11.8. The number of carbonyl (C=O) groups is 1. The number of nitrogens with zero attached hydrogens (tertiary/aromatic N) is 2. The molecule has 0 heterocycles. The van der Waals surface area contributed by atoms with Crippen LogP contribution >= 0.6 is 0 Å². The Morgan fingerprint density at radius 1 is 1.00 bits per heavy atom. The average molecular weight is 270 g/mol. The first-order chi connectivity index (χ1) is 9.17. The lowest BCUT2D eigenvalue weighted by Crippen LogP contribution is -2.20. The molecule has 20 heavy (non-hydrogen) atoms. The van der Waals surface area contributed by atoms with Crippen LogP contribution in [0.1, 0.15) is 49.2 Å². The molecule has 1 aromatic carbocycles. The third-order valence-electron chi connectivity index (χ3n) is 3.36. The number of nitriles is 2. The minimum absolute atomic E-state index is 0.353. The first-order valence-electron chi connectivity index (χ1n) is 6.25. The smallest absolute Gasteiger partial charge is 0.337 e. The second-order valence-electron chi connectivity index (χ2n) is 5.76. The standard InChI is InChI=1S/C16H18N2O2/c1-15(2,9-17)12-6-11(14(19)20-5)7-13(8-12)16(3,4)10-18/h6-8H,1-5H3. The lowest BCUT2D eigenvalue weighted by Gasteiger charge is -2.22. The minimum Gasteiger partial charge on any atom is -0.465 e.